The molecule has 1 N–H and O–H groups in total. The fraction of sp³-hybridized carbons (Fsp3) is 0.615. The maximum Gasteiger partial charge on any atom is 0.149 e. The number of hydrogen-bond donors (Lipinski definition) is 1. The molecule has 0 unspecified atom stereocenters. The molecule has 108 valence electrons. The summed E-state index contributed by atoms with van der Waals surface area (Å²) < 4.78 is 0. The Hall–Kier alpha value is -0.710. The second-order valence-electron chi connectivity index (χ2n) is 4.78. The van der Waals surface area contributed by atoms with Crippen LogP contribution in [0.4, 0.5) is 11.6 Å². The number of hydrogen-bond acceptors (Lipinski definition) is 4. The van der Waals surface area contributed by atoms with Gasteiger partial charge >= 0.3 is 0 Å². The Morgan fingerprint density at radius 1 is 1.16 bits per heavy atom. The van der Waals surface area contributed by atoms with Crippen molar-refractivity contribution in [2.24, 2.45) is 0 Å². The molecular formula is C13H22Cl2N4. The summed E-state index contributed by atoms with van der Waals surface area (Å²) in [6.07, 6.45) is 1.02. The molecule has 0 spiro atoms. The second-order valence-corrected chi connectivity index (χ2v) is 5.59. The highest BCUT2D eigenvalue weighted by Crippen LogP contribution is 2.30. The van der Waals surface area contributed by atoms with Gasteiger partial charge in [0.1, 0.15) is 11.6 Å². The van der Waals surface area contributed by atoms with Crippen LogP contribution in [0.3, 0.4) is 0 Å². The van der Waals surface area contributed by atoms with Gasteiger partial charge in [-0.2, -0.15) is 0 Å². The van der Waals surface area contributed by atoms with Crippen LogP contribution in [0.5, 0.6) is 0 Å². The first-order valence-electron chi connectivity index (χ1n) is 6.41. The van der Waals surface area contributed by atoms with Gasteiger partial charge in [0.05, 0.1) is 10.0 Å². The van der Waals surface area contributed by atoms with E-state index >= 15 is 0 Å². The van der Waals surface area contributed by atoms with E-state index in [4.69, 9.17) is 23.2 Å². The van der Waals surface area contributed by atoms with E-state index in [9.17, 15) is 0 Å². The summed E-state index contributed by atoms with van der Waals surface area (Å²) >= 11 is 12.3. The minimum atomic E-state index is 0.559. The van der Waals surface area contributed by atoms with Crippen molar-refractivity contribution in [1.82, 2.24) is 9.88 Å². The van der Waals surface area contributed by atoms with Crippen LogP contribution < -0.4 is 10.2 Å². The maximum absolute atomic E-state index is 6.22. The van der Waals surface area contributed by atoms with Gasteiger partial charge in [-0.1, -0.05) is 30.1 Å². The molecule has 0 aromatic carbocycles. The molecule has 0 saturated heterocycles. The van der Waals surface area contributed by atoms with Gasteiger partial charge in [0.15, 0.2) is 0 Å². The van der Waals surface area contributed by atoms with Crippen LogP contribution in [0, 0.1) is 0 Å². The Morgan fingerprint density at radius 3 is 2.42 bits per heavy atom. The van der Waals surface area contributed by atoms with Crippen LogP contribution >= 0.6 is 23.2 Å². The molecule has 4 nitrogen and oxygen atoms in total. The molecule has 6 heteroatoms. The van der Waals surface area contributed by atoms with Gasteiger partial charge in [-0.25, -0.2) is 4.98 Å². The van der Waals surface area contributed by atoms with E-state index in [0.717, 1.165) is 31.9 Å². The van der Waals surface area contributed by atoms with Crippen molar-refractivity contribution in [3.05, 3.63) is 16.1 Å². The number of nitrogens with zero attached hydrogens (tertiary/aromatic N) is 3. The van der Waals surface area contributed by atoms with Crippen LogP contribution in [0.25, 0.3) is 0 Å². The zero-order valence-electron chi connectivity index (χ0n) is 12.0. The van der Waals surface area contributed by atoms with E-state index in [2.05, 4.69) is 22.1 Å². The molecule has 1 heterocycles. The van der Waals surface area contributed by atoms with Crippen molar-refractivity contribution >= 4 is 34.8 Å². The Bertz CT molecular complexity index is 410. The molecule has 0 fully saturated rings. The van der Waals surface area contributed by atoms with Gasteiger partial charge < -0.3 is 15.1 Å². The molecule has 19 heavy (non-hydrogen) atoms. The molecule has 0 radical (unpaired) electrons. The molecule has 0 aliphatic heterocycles. The third-order valence-electron chi connectivity index (χ3n) is 2.70. The first-order chi connectivity index (χ1) is 8.95. The average molecular weight is 305 g/mol. The van der Waals surface area contributed by atoms with Crippen molar-refractivity contribution in [2.45, 2.75) is 13.3 Å². The highest BCUT2D eigenvalue weighted by Gasteiger charge is 2.12. The monoisotopic (exact) mass is 304 g/mol. The Labute approximate surface area is 125 Å². The standard InChI is InChI=1S/C13H22Cl2N4/c1-5-6-16-12-10(14)9-11(15)13(17-12)19(4)8-7-18(2)3/h9H,5-8H2,1-4H3,(H,16,17). The first-order valence-corrected chi connectivity index (χ1v) is 7.17. The van der Waals surface area contributed by atoms with Crippen LogP contribution in [0.2, 0.25) is 10.0 Å². The van der Waals surface area contributed by atoms with Gasteiger partial charge in [-0.15, -0.1) is 0 Å². The molecule has 0 saturated carbocycles. The van der Waals surface area contributed by atoms with E-state index in [-0.39, 0.29) is 0 Å². The lowest BCUT2D eigenvalue weighted by molar-refractivity contribution is 0.416. The lowest BCUT2D eigenvalue weighted by atomic mass is 10.3. The fourth-order valence-corrected chi connectivity index (χ4v) is 2.12. The van der Waals surface area contributed by atoms with Crippen molar-refractivity contribution < 1.29 is 0 Å². The first kappa shape index (κ1) is 16.3. The highest BCUT2D eigenvalue weighted by molar-refractivity contribution is 6.37. The van der Waals surface area contributed by atoms with E-state index in [1.54, 1.807) is 6.07 Å². The van der Waals surface area contributed by atoms with Gasteiger partial charge in [-0.05, 0) is 26.6 Å². The summed E-state index contributed by atoms with van der Waals surface area (Å²) in [5.74, 6) is 1.45. The molecular weight excluding hydrogens is 283 g/mol. The molecule has 1 aromatic heterocycles. The molecule has 0 amide bonds. The van der Waals surface area contributed by atoms with Crippen LogP contribution in [0.1, 0.15) is 13.3 Å². The number of likely N-dealkylation sites (N-methyl/N-ethyl adjacent to an activating group) is 2. The quantitative estimate of drug-likeness (QED) is 0.838. The Balaban J connectivity index is 2.86. The normalized spacial score (nSPS) is 10.9. The zero-order chi connectivity index (χ0) is 14.4. The molecule has 1 aromatic rings. The van der Waals surface area contributed by atoms with Crippen LogP contribution in [-0.4, -0.2) is 50.7 Å². The SMILES string of the molecule is CCCNc1nc(N(C)CCN(C)C)c(Cl)cc1Cl. The van der Waals surface area contributed by atoms with E-state index in [0.29, 0.717) is 15.9 Å². The molecule has 0 aliphatic rings. The summed E-state index contributed by atoms with van der Waals surface area (Å²) in [5, 5.41) is 4.35. The van der Waals surface area contributed by atoms with Crippen molar-refractivity contribution in [1.29, 1.82) is 0 Å². The van der Waals surface area contributed by atoms with Crippen molar-refractivity contribution in [3.63, 3.8) is 0 Å². The lowest BCUT2D eigenvalue weighted by Crippen LogP contribution is -2.29. The Morgan fingerprint density at radius 2 is 1.84 bits per heavy atom. The highest BCUT2D eigenvalue weighted by atomic mass is 35.5. The summed E-state index contributed by atoms with van der Waals surface area (Å²) in [4.78, 5) is 8.68. The van der Waals surface area contributed by atoms with E-state index < -0.39 is 0 Å². The maximum atomic E-state index is 6.22. The third-order valence-corrected chi connectivity index (χ3v) is 3.26. The van der Waals surface area contributed by atoms with E-state index in [1.165, 1.54) is 0 Å². The van der Waals surface area contributed by atoms with Gasteiger partial charge in [0, 0.05) is 26.7 Å². The molecule has 0 atom stereocenters. The predicted molar refractivity (Wildman–Crippen MR) is 84.9 cm³/mol. The fourth-order valence-electron chi connectivity index (χ4n) is 1.55. The zero-order valence-corrected chi connectivity index (χ0v) is 13.5. The topological polar surface area (TPSA) is 31.4 Å². The Kier molecular flexibility index (Phi) is 6.69. The molecule has 0 bridgehead atoms. The summed E-state index contributed by atoms with van der Waals surface area (Å²) in [6, 6.07) is 1.75. The minimum Gasteiger partial charge on any atom is -0.369 e. The van der Waals surface area contributed by atoms with E-state index in [1.807, 2.05) is 26.0 Å². The van der Waals surface area contributed by atoms with Crippen LogP contribution in [-0.2, 0) is 0 Å². The minimum absolute atomic E-state index is 0.559. The van der Waals surface area contributed by atoms with Gasteiger partial charge in [0.2, 0.25) is 0 Å². The third kappa shape index (κ3) is 5.05. The largest absolute Gasteiger partial charge is 0.369 e. The van der Waals surface area contributed by atoms with Crippen molar-refractivity contribution in [3.8, 4) is 0 Å². The summed E-state index contributed by atoms with van der Waals surface area (Å²) in [7, 11) is 6.06. The lowest BCUT2D eigenvalue weighted by Gasteiger charge is -2.22. The second kappa shape index (κ2) is 7.78. The number of halogens is 2. The average Bonchev–Trinajstić information content (AvgIpc) is 2.35. The number of aromatic nitrogens is 1. The predicted octanol–water partition coefficient (Wildman–Crippen LogP) is 3.21. The summed E-state index contributed by atoms with van der Waals surface area (Å²) in [5.41, 5.74) is 0. The van der Waals surface area contributed by atoms with Gasteiger partial charge in [-0.3, -0.25) is 0 Å². The number of anilines is 2. The summed E-state index contributed by atoms with van der Waals surface area (Å²) in [6.45, 7) is 4.74. The van der Waals surface area contributed by atoms with Crippen LogP contribution in [0.15, 0.2) is 6.07 Å². The number of rotatable bonds is 7. The van der Waals surface area contributed by atoms with Gasteiger partial charge in [0.25, 0.3) is 0 Å². The number of nitrogens with one attached hydrogen (secondary N) is 1. The smallest absolute Gasteiger partial charge is 0.149 e. The molecule has 0 aliphatic carbocycles. The number of pyridine rings is 1. The molecule has 1 rings (SSSR count). The van der Waals surface area contributed by atoms with Crippen molar-refractivity contribution in [2.75, 3.05) is 51.0 Å².